The molecule has 0 saturated heterocycles. The number of Topliss-reactive ketones (excluding diaryl/α,β-unsaturated/α-hetero) is 1. The highest BCUT2D eigenvalue weighted by atomic mass is 16.5. The van der Waals surface area contributed by atoms with Gasteiger partial charge in [-0.05, 0) is 36.4 Å². The Bertz CT molecular complexity index is 689. The van der Waals surface area contributed by atoms with Crippen molar-refractivity contribution in [1.82, 2.24) is 0 Å². The van der Waals surface area contributed by atoms with E-state index < -0.39 is 0 Å². The summed E-state index contributed by atoms with van der Waals surface area (Å²) >= 11 is 0. The number of hydrogen-bond donors (Lipinski definition) is 0. The Hall–Kier alpha value is -2.23. The van der Waals surface area contributed by atoms with Crippen LogP contribution in [0.1, 0.15) is 29.8 Å². The van der Waals surface area contributed by atoms with E-state index in [2.05, 4.69) is 0 Å². The second-order valence-corrected chi connectivity index (χ2v) is 4.78. The summed E-state index contributed by atoms with van der Waals surface area (Å²) in [5.41, 5.74) is 1.58. The monoisotopic (exact) mass is 288 g/mol. The van der Waals surface area contributed by atoms with E-state index in [9.17, 15) is 4.79 Å². The molecular weight excluding hydrogens is 268 g/mol. The molecule has 112 valence electrons. The average molecular weight is 288 g/mol. The highest BCUT2D eigenvalue weighted by Gasteiger charge is 2.20. The smallest absolute Gasteiger partial charge is 0.163 e. The van der Waals surface area contributed by atoms with E-state index >= 15 is 0 Å². The fourth-order valence-corrected chi connectivity index (χ4v) is 2.65. The number of carbonyl (C=O) groups is 1. The number of ketones is 1. The van der Waals surface area contributed by atoms with E-state index in [1.807, 2.05) is 19.1 Å². The minimum atomic E-state index is -0.0107. The highest BCUT2D eigenvalue weighted by molar-refractivity contribution is 6.07. The van der Waals surface area contributed by atoms with E-state index in [0.717, 1.165) is 22.8 Å². The minimum Gasteiger partial charge on any atom is -0.497 e. The van der Waals surface area contributed by atoms with Crippen LogP contribution in [0.5, 0.6) is 17.2 Å². The van der Waals surface area contributed by atoms with E-state index in [4.69, 9.17) is 14.2 Å². The van der Waals surface area contributed by atoms with Gasteiger partial charge >= 0.3 is 0 Å². The SMILES string of the molecule is CCc1cc2cc(OC)cc(OC)c2c(OC)c1C(C)=O. The van der Waals surface area contributed by atoms with Gasteiger partial charge < -0.3 is 14.2 Å². The Balaban J connectivity index is 2.97. The zero-order chi connectivity index (χ0) is 15.6. The van der Waals surface area contributed by atoms with Gasteiger partial charge in [-0.2, -0.15) is 0 Å². The molecule has 0 spiro atoms. The van der Waals surface area contributed by atoms with Gasteiger partial charge in [-0.3, -0.25) is 4.79 Å². The van der Waals surface area contributed by atoms with Crippen molar-refractivity contribution in [3.63, 3.8) is 0 Å². The molecule has 0 radical (unpaired) electrons. The first-order chi connectivity index (χ1) is 10.1. The summed E-state index contributed by atoms with van der Waals surface area (Å²) in [7, 11) is 4.78. The zero-order valence-electron chi connectivity index (χ0n) is 13.1. The molecule has 21 heavy (non-hydrogen) atoms. The predicted octanol–water partition coefficient (Wildman–Crippen LogP) is 3.63. The molecule has 0 bridgehead atoms. The van der Waals surface area contributed by atoms with Crippen molar-refractivity contribution in [1.29, 1.82) is 0 Å². The molecule has 0 amide bonds. The maximum Gasteiger partial charge on any atom is 0.163 e. The van der Waals surface area contributed by atoms with Crippen molar-refractivity contribution in [2.75, 3.05) is 21.3 Å². The highest BCUT2D eigenvalue weighted by Crippen LogP contribution is 2.41. The second-order valence-electron chi connectivity index (χ2n) is 4.78. The average Bonchev–Trinajstić information content (AvgIpc) is 2.51. The quantitative estimate of drug-likeness (QED) is 0.788. The summed E-state index contributed by atoms with van der Waals surface area (Å²) in [6, 6.07) is 5.71. The Morgan fingerprint density at radius 1 is 1.05 bits per heavy atom. The van der Waals surface area contributed by atoms with Gasteiger partial charge in [-0.1, -0.05) is 6.92 Å². The number of fused-ring (bicyclic) bond motifs is 1. The molecule has 0 aliphatic rings. The Labute approximate surface area is 124 Å². The van der Waals surface area contributed by atoms with E-state index in [0.29, 0.717) is 22.8 Å². The zero-order valence-corrected chi connectivity index (χ0v) is 13.1. The molecule has 2 rings (SSSR count). The van der Waals surface area contributed by atoms with Crippen LogP contribution in [0.4, 0.5) is 0 Å². The second kappa shape index (κ2) is 6.04. The van der Waals surface area contributed by atoms with Crippen molar-refractivity contribution >= 4 is 16.6 Å². The molecule has 0 fully saturated rings. The first-order valence-electron chi connectivity index (χ1n) is 6.83. The lowest BCUT2D eigenvalue weighted by molar-refractivity contribution is 0.101. The Morgan fingerprint density at radius 3 is 2.24 bits per heavy atom. The lowest BCUT2D eigenvalue weighted by atomic mass is 9.95. The number of aryl methyl sites for hydroxylation is 1. The Morgan fingerprint density at radius 2 is 1.76 bits per heavy atom. The molecule has 0 aromatic heterocycles. The Kier molecular flexibility index (Phi) is 4.36. The number of benzene rings is 2. The normalized spacial score (nSPS) is 10.5. The van der Waals surface area contributed by atoms with Crippen LogP contribution in [0.15, 0.2) is 18.2 Å². The van der Waals surface area contributed by atoms with Crippen molar-refractivity contribution in [3.8, 4) is 17.2 Å². The van der Waals surface area contributed by atoms with Crippen LogP contribution in [0.2, 0.25) is 0 Å². The first kappa shape index (κ1) is 15.2. The molecule has 0 saturated carbocycles. The third kappa shape index (κ3) is 2.53. The summed E-state index contributed by atoms with van der Waals surface area (Å²) in [5, 5.41) is 1.73. The fourth-order valence-electron chi connectivity index (χ4n) is 2.65. The number of methoxy groups -OCH3 is 3. The summed E-state index contributed by atoms with van der Waals surface area (Å²) in [6.45, 7) is 3.57. The van der Waals surface area contributed by atoms with Gasteiger partial charge in [0, 0.05) is 6.07 Å². The van der Waals surface area contributed by atoms with E-state index in [1.54, 1.807) is 34.3 Å². The lowest BCUT2D eigenvalue weighted by Gasteiger charge is -2.17. The standard InChI is InChI=1S/C17H20O4/c1-6-11-7-12-8-13(19-3)9-14(20-4)16(12)17(21-5)15(11)10(2)18/h7-9H,6H2,1-5H3. The topological polar surface area (TPSA) is 44.8 Å². The first-order valence-corrected chi connectivity index (χ1v) is 6.83. The molecule has 0 aliphatic heterocycles. The number of hydrogen-bond acceptors (Lipinski definition) is 4. The predicted molar refractivity (Wildman–Crippen MR) is 83.0 cm³/mol. The van der Waals surface area contributed by atoms with Crippen molar-refractivity contribution in [3.05, 3.63) is 29.3 Å². The summed E-state index contributed by atoms with van der Waals surface area (Å²) in [4.78, 5) is 12.0. The van der Waals surface area contributed by atoms with Crippen molar-refractivity contribution in [2.24, 2.45) is 0 Å². The van der Waals surface area contributed by atoms with Gasteiger partial charge in [0.15, 0.2) is 5.78 Å². The van der Waals surface area contributed by atoms with Crippen molar-refractivity contribution < 1.29 is 19.0 Å². The maximum absolute atomic E-state index is 12.0. The number of carbonyl (C=O) groups excluding carboxylic acids is 1. The molecule has 0 N–H and O–H groups in total. The van der Waals surface area contributed by atoms with Gasteiger partial charge in [0.05, 0.1) is 32.3 Å². The molecule has 0 heterocycles. The summed E-state index contributed by atoms with van der Waals surface area (Å²) in [6.07, 6.45) is 0.751. The molecule has 2 aromatic carbocycles. The van der Waals surface area contributed by atoms with Crippen LogP contribution in [-0.4, -0.2) is 27.1 Å². The molecule has 0 aliphatic carbocycles. The van der Waals surface area contributed by atoms with Crippen LogP contribution in [-0.2, 0) is 6.42 Å². The van der Waals surface area contributed by atoms with Gasteiger partial charge in [-0.15, -0.1) is 0 Å². The molecular formula is C17H20O4. The van der Waals surface area contributed by atoms with Crippen molar-refractivity contribution in [2.45, 2.75) is 20.3 Å². The molecule has 4 nitrogen and oxygen atoms in total. The summed E-state index contributed by atoms with van der Waals surface area (Å²) in [5.74, 6) is 1.89. The number of ether oxygens (including phenoxy) is 3. The molecule has 0 atom stereocenters. The largest absolute Gasteiger partial charge is 0.497 e. The van der Waals surface area contributed by atoms with Crippen LogP contribution in [0, 0.1) is 0 Å². The maximum atomic E-state index is 12.0. The van der Waals surface area contributed by atoms with Crippen LogP contribution in [0.3, 0.4) is 0 Å². The molecule has 4 heteroatoms. The number of rotatable bonds is 5. The van der Waals surface area contributed by atoms with E-state index in [1.165, 1.54) is 0 Å². The minimum absolute atomic E-state index is 0.0107. The van der Waals surface area contributed by atoms with Crippen LogP contribution >= 0.6 is 0 Å². The fraction of sp³-hybridized carbons (Fsp3) is 0.353. The van der Waals surface area contributed by atoms with Gasteiger partial charge in [0.25, 0.3) is 0 Å². The van der Waals surface area contributed by atoms with Gasteiger partial charge in [0.2, 0.25) is 0 Å². The van der Waals surface area contributed by atoms with Gasteiger partial charge in [0.1, 0.15) is 17.2 Å². The van der Waals surface area contributed by atoms with E-state index in [-0.39, 0.29) is 5.78 Å². The third-order valence-corrected chi connectivity index (χ3v) is 3.60. The lowest BCUT2D eigenvalue weighted by Crippen LogP contribution is -2.04. The molecule has 2 aromatic rings. The van der Waals surface area contributed by atoms with Crippen LogP contribution in [0.25, 0.3) is 10.8 Å². The molecule has 0 unspecified atom stereocenters. The van der Waals surface area contributed by atoms with Crippen LogP contribution < -0.4 is 14.2 Å². The third-order valence-electron chi connectivity index (χ3n) is 3.60. The van der Waals surface area contributed by atoms with Gasteiger partial charge in [-0.25, -0.2) is 0 Å². The summed E-state index contributed by atoms with van der Waals surface area (Å²) < 4.78 is 16.3.